The predicted octanol–water partition coefficient (Wildman–Crippen LogP) is 3.81. The summed E-state index contributed by atoms with van der Waals surface area (Å²) in [5.41, 5.74) is 1.00. The molecule has 32 heavy (non-hydrogen) atoms. The zero-order valence-electron chi connectivity index (χ0n) is 18.2. The monoisotopic (exact) mass is 543 g/mol. The molecule has 0 unspecified atom stereocenters. The molecule has 0 aromatic heterocycles. The molecule has 0 aliphatic heterocycles. The summed E-state index contributed by atoms with van der Waals surface area (Å²) in [6, 6.07) is 13.0. The van der Waals surface area contributed by atoms with Crippen molar-refractivity contribution in [2.24, 2.45) is 0 Å². The van der Waals surface area contributed by atoms with Gasteiger partial charge in [-0.1, -0.05) is 58.7 Å². The quantitative estimate of drug-likeness (QED) is 0.493. The molecule has 2 aromatic rings. The molecule has 0 fully saturated rings. The van der Waals surface area contributed by atoms with Gasteiger partial charge in [0.2, 0.25) is 21.8 Å². The van der Waals surface area contributed by atoms with E-state index >= 15 is 0 Å². The van der Waals surface area contributed by atoms with Gasteiger partial charge in [-0.15, -0.1) is 0 Å². The molecule has 1 N–H and O–H groups in total. The molecule has 174 valence electrons. The number of hydrogen-bond acceptors (Lipinski definition) is 4. The first-order valence-corrected chi connectivity index (χ1v) is 13.1. The van der Waals surface area contributed by atoms with Crippen LogP contribution in [0.1, 0.15) is 25.8 Å². The van der Waals surface area contributed by atoms with Crippen LogP contribution in [0.25, 0.3) is 0 Å². The zero-order valence-corrected chi connectivity index (χ0v) is 21.4. The molecule has 0 radical (unpaired) electrons. The van der Waals surface area contributed by atoms with E-state index in [9.17, 15) is 18.0 Å². The second kappa shape index (κ2) is 11.7. The predicted molar refractivity (Wildman–Crippen MR) is 131 cm³/mol. The Kier molecular flexibility index (Phi) is 9.54. The molecule has 1 atom stereocenters. The Balaban J connectivity index is 2.38. The molecule has 2 rings (SSSR count). The van der Waals surface area contributed by atoms with Gasteiger partial charge >= 0.3 is 0 Å². The molecular weight excluding hydrogens is 518 g/mol. The van der Waals surface area contributed by atoms with Crippen LogP contribution < -0.4 is 9.62 Å². The number of amides is 2. The van der Waals surface area contributed by atoms with Crippen molar-refractivity contribution in [2.75, 3.05) is 23.7 Å². The van der Waals surface area contributed by atoms with Gasteiger partial charge in [0.1, 0.15) is 12.6 Å². The minimum Gasteiger partial charge on any atom is -0.354 e. The van der Waals surface area contributed by atoms with E-state index in [4.69, 9.17) is 11.6 Å². The largest absolute Gasteiger partial charge is 0.354 e. The number of carbonyl (C=O) groups is 2. The van der Waals surface area contributed by atoms with Crippen molar-refractivity contribution in [3.63, 3.8) is 0 Å². The topological polar surface area (TPSA) is 86.8 Å². The standard InChI is InChI=1S/C22H27BrClN3O4S/c1-4-12-25-22(29)16(2)26(14-17-8-7-9-18(23)13-17)21(28)15-27(32(3,30)31)20-11-6-5-10-19(20)24/h5-11,13,16H,4,12,14-15H2,1-3H3,(H,25,29)/t16-/m1/s1. The average Bonchev–Trinajstić information content (AvgIpc) is 2.73. The Morgan fingerprint density at radius 1 is 1.16 bits per heavy atom. The van der Waals surface area contributed by atoms with Gasteiger partial charge in [-0.2, -0.15) is 0 Å². The van der Waals surface area contributed by atoms with Crippen LogP contribution in [-0.2, 0) is 26.2 Å². The van der Waals surface area contributed by atoms with Crippen molar-refractivity contribution >= 4 is 55.1 Å². The molecule has 10 heteroatoms. The van der Waals surface area contributed by atoms with E-state index in [1.165, 1.54) is 11.0 Å². The van der Waals surface area contributed by atoms with Crippen molar-refractivity contribution in [2.45, 2.75) is 32.9 Å². The Morgan fingerprint density at radius 2 is 1.84 bits per heavy atom. The smallest absolute Gasteiger partial charge is 0.244 e. The summed E-state index contributed by atoms with van der Waals surface area (Å²) in [7, 11) is -3.82. The van der Waals surface area contributed by atoms with Crippen LogP contribution in [0.5, 0.6) is 0 Å². The first-order valence-electron chi connectivity index (χ1n) is 10.1. The summed E-state index contributed by atoms with van der Waals surface area (Å²) in [5.74, 6) is -0.826. The maximum absolute atomic E-state index is 13.4. The third-order valence-electron chi connectivity index (χ3n) is 4.76. The van der Waals surface area contributed by atoms with E-state index in [2.05, 4.69) is 21.2 Å². The Morgan fingerprint density at radius 3 is 2.44 bits per heavy atom. The summed E-state index contributed by atoms with van der Waals surface area (Å²) >= 11 is 9.61. The normalized spacial score (nSPS) is 12.2. The summed E-state index contributed by atoms with van der Waals surface area (Å²) in [5, 5.41) is 3.00. The van der Waals surface area contributed by atoms with Crippen LogP contribution in [-0.4, -0.2) is 50.5 Å². The van der Waals surface area contributed by atoms with E-state index in [0.29, 0.717) is 6.54 Å². The lowest BCUT2D eigenvalue weighted by Crippen LogP contribution is -2.51. The van der Waals surface area contributed by atoms with Gasteiger partial charge in [0.05, 0.1) is 17.0 Å². The van der Waals surface area contributed by atoms with Crippen molar-refractivity contribution in [3.05, 3.63) is 63.6 Å². The van der Waals surface area contributed by atoms with Crippen LogP contribution in [0, 0.1) is 0 Å². The number of carbonyl (C=O) groups excluding carboxylic acids is 2. The van der Waals surface area contributed by atoms with E-state index in [-0.39, 0.29) is 23.2 Å². The van der Waals surface area contributed by atoms with Crippen molar-refractivity contribution in [1.29, 1.82) is 0 Å². The van der Waals surface area contributed by atoms with Gasteiger partial charge < -0.3 is 10.2 Å². The number of para-hydroxylation sites is 1. The minimum absolute atomic E-state index is 0.138. The highest BCUT2D eigenvalue weighted by Gasteiger charge is 2.30. The van der Waals surface area contributed by atoms with Gasteiger partial charge in [0.15, 0.2) is 0 Å². The third-order valence-corrected chi connectivity index (χ3v) is 6.70. The lowest BCUT2D eigenvalue weighted by Gasteiger charge is -2.31. The number of hydrogen-bond donors (Lipinski definition) is 1. The molecule has 7 nitrogen and oxygen atoms in total. The highest BCUT2D eigenvalue weighted by molar-refractivity contribution is 9.10. The highest BCUT2D eigenvalue weighted by Crippen LogP contribution is 2.27. The van der Waals surface area contributed by atoms with Gasteiger partial charge in [0.25, 0.3) is 0 Å². The van der Waals surface area contributed by atoms with E-state index in [0.717, 1.165) is 27.0 Å². The summed E-state index contributed by atoms with van der Waals surface area (Å²) < 4.78 is 26.8. The van der Waals surface area contributed by atoms with E-state index in [1.54, 1.807) is 25.1 Å². The van der Waals surface area contributed by atoms with Crippen molar-refractivity contribution in [3.8, 4) is 0 Å². The van der Waals surface area contributed by atoms with Crippen LogP contribution in [0.15, 0.2) is 53.0 Å². The number of rotatable bonds is 10. The highest BCUT2D eigenvalue weighted by atomic mass is 79.9. The Bertz CT molecular complexity index is 1060. The van der Waals surface area contributed by atoms with Crippen LogP contribution >= 0.6 is 27.5 Å². The van der Waals surface area contributed by atoms with Gasteiger partial charge in [-0.3, -0.25) is 13.9 Å². The van der Waals surface area contributed by atoms with Gasteiger partial charge in [-0.25, -0.2) is 8.42 Å². The maximum Gasteiger partial charge on any atom is 0.244 e. The van der Waals surface area contributed by atoms with E-state index in [1.807, 2.05) is 31.2 Å². The first kappa shape index (κ1) is 26.2. The van der Waals surface area contributed by atoms with Crippen LogP contribution in [0.3, 0.4) is 0 Å². The fourth-order valence-corrected chi connectivity index (χ4v) is 4.66. The molecule has 2 amide bonds. The minimum atomic E-state index is -3.82. The number of anilines is 1. The number of nitrogens with one attached hydrogen (secondary N) is 1. The first-order chi connectivity index (χ1) is 15.0. The van der Waals surface area contributed by atoms with Gasteiger partial charge in [-0.05, 0) is 43.2 Å². The number of sulfonamides is 1. The maximum atomic E-state index is 13.4. The Labute approximate surface area is 202 Å². The molecular formula is C22H27BrClN3O4S. The fourth-order valence-electron chi connectivity index (χ4n) is 3.06. The molecule has 0 spiro atoms. The molecule has 0 bridgehead atoms. The molecule has 0 aliphatic carbocycles. The summed E-state index contributed by atoms with van der Waals surface area (Å²) in [6.07, 6.45) is 1.77. The molecule has 2 aromatic carbocycles. The van der Waals surface area contributed by atoms with Crippen molar-refractivity contribution in [1.82, 2.24) is 10.2 Å². The third kappa shape index (κ3) is 7.21. The number of benzene rings is 2. The lowest BCUT2D eigenvalue weighted by atomic mass is 10.1. The summed E-state index contributed by atoms with van der Waals surface area (Å²) in [6.45, 7) is 3.70. The Hall–Kier alpha value is -2.10. The zero-order chi connectivity index (χ0) is 23.9. The average molecular weight is 545 g/mol. The van der Waals surface area contributed by atoms with Crippen molar-refractivity contribution < 1.29 is 18.0 Å². The fraction of sp³-hybridized carbons (Fsp3) is 0.364. The second-order valence-electron chi connectivity index (χ2n) is 7.34. The number of nitrogens with zero attached hydrogens (tertiary/aromatic N) is 2. The van der Waals surface area contributed by atoms with Crippen LogP contribution in [0.2, 0.25) is 5.02 Å². The van der Waals surface area contributed by atoms with Crippen LogP contribution in [0.4, 0.5) is 5.69 Å². The number of halogens is 2. The van der Waals surface area contributed by atoms with Gasteiger partial charge in [0, 0.05) is 17.6 Å². The molecule has 0 saturated heterocycles. The summed E-state index contributed by atoms with van der Waals surface area (Å²) in [4.78, 5) is 27.4. The molecule has 0 heterocycles. The molecule has 0 saturated carbocycles. The van der Waals surface area contributed by atoms with E-state index < -0.39 is 28.5 Å². The molecule has 0 aliphatic rings. The second-order valence-corrected chi connectivity index (χ2v) is 10.6. The SMILES string of the molecule is CCCNC(=O)[C@@H](C)N(Cc1cccc(Br)c1)C(=O)CN(c1ccccc1Cl)S(C)(=O)=O. The lowest BCUT2D eigenvalue weighted by molar-refractivity contribution is -0.139.